The molecular weight excluding hydrogens is 499 g/mol. The van der Waals surface area contributed by atoms with Crippen molar-refractivity contribution in [2.24, 2.45) is 7.05 Å². The summed E-state index contributed by atoms with van der Waals surface area (Å²) in [6.45, 7) is 6.39. The highest BCUT2D eigenvalue weighted by molar-refractivity contribution is 5.87. The first kappa shape index (κ1) is 25.7. The highest BCUT2D eigenvalue weighted by Gasteiger charge is 2.40. The van der Waals surface area contributed by atoms with Gasteiger partial charge < -0.3 is 20.3 Å². The molecule has 38 heavy (non-hydrogen) atoms. The van der Waals surface area contributed by atoms with Gasteiger partial charge in [0.2, 0.25) is 5.91 Å². The molecule has 9 nitrogen and oxygen atoms in total. The van der Waals surface area contributed by atoms with E-state index in [0.717, 1.165) is 37.1 Å². The van der Waals surface area contributed by atoms with Crippen LogP contribution < -0.4 is 15.4 Å². The second-order valence-electron chi connectivity index (χ2n) is 9.36. The first-order chi connectivity index (χ1) is 18.2. The number of nitrogens with zero attached hydrogens (tertiary/aromatic N) is 5. The van der Waals surface area contributed by atoms with E-state index in [1.165, 1.54) is 6.08 Å². The molecule has 2 fully saturated rings. The Labute approximate surface area is 217 Å². The molecule has 0 radical (unpaired) electrons. The van der Waals surface area contributed by atoms with Gasteiger partial charge >= 0.3 is 6.18 Å². The summed E-state index contributed by atoms with van der Waals surface area (Å²) in [5.74, 6) is 0.180. The third kappa shape index (κ3) is 5.21. The number of hydrogen-bond acceptors (Lipinski definition) is 7. The molecule has 2 N–H and O–H groups in total. The minimum Gasteiger partial charge on any atom is -0.484 e. The Bertz CT molecular complexity index is 1350. The average molecular weight is 528 g/mol. The lowest BCUT2D eigenvalue weighted by atomic mass is 9.97. The SMILES string of the molecule is C=CC(=O)N1CCCC1.Cn1cc(-c2ccnc3c2COc2c(cc(C4CNC4)nc2C(F)(F)F)N3)cn1. The predicted molar refractivity (Wildman–Crippen MR) is 135 cm³/mol. The van der Waals surface area contributed by atoms with E-state index in [-0.39, 0.29) is 29.9 Å². The van der Waals surface area contributed by atoms with Crippen LogP contribution in [-0.2, 0) is 24.6 Å². The number of halogens is 3. The summed E-state index contributed by atoms with van der Waals surface area (Å²) < 4.78 is 48.5. The summed E-state index contributed by atoms with van der Waals surface area (Å²) in [6.07, 6.45) is 4.19. The number of nitrogens with one attached hydrogen (secondary N) is 2. The van der Waals surface area contributed by atoms with Crippen molar-refractivity contribution in [2.75, 3.05) is 31.5 Å². The fourth-order valence-electron chi connectivity index (χ4n) is 4.61. The summed E-state index contributed by atoms with van der Waals surface area (Å²) in [5.41, 5.74) is 1.89. The van der Waals surface area contributed by atoms with Gasteiger partial charge in [-0.15, -0.1) is 0 Å². The van der Waals surface area contributed by atoms with E-state index in [1.54, 1.807) is 36.3 Å². The van der Waals surface area contributed by atoms with Crippen LogP contribution in [0.5, 0.6) is 5.75 Å². The van der Waals surface area contributed by atoms with E-state index in [2.05, 4.69) is 32.3 Å². The van der Waals surface area contributed by atoms with Crippen LogP contribution in [0.15, 0.2) is 43.4 Å². The normalized spacial score (nSPS) is 16.6. The topological polar surface area (TPSA) is 97.2 Å². The maximum Gasteiger partial charge on any atom is 0.437 e. The summed E-state index contributed by atoms with van der Waals surface area (Å²) in [6, 6.07) is 3.43. The molecule has 200 valence electrons. The lowest BCUT2D eigenvalue weighted by Gasteiger charge is -2.28. The van der Waals surface area contributed by atoms with Gasteiger partial charge in [0.15, 0.2) is 11.4 Å². The van der Waals surface area contributed by atoms with Gasteiger partial charge in [-0.3, -0.25) is 9.48 Å². The minimum absolute atomic E-state index is 0.0550. The second kappa shape index (κ2) is 10.4. The van der Waals surface area contributed by atoms with Crippen LogP contribution in [-0.4, -0.2) is 56.7 Å². The van der Waals surface area contributed by atoms with Gasteiger partial charge in [0.25, 0.3) is 0 Å². The van der Waals surface area contributed by atoms with E-state index in [9.17, 15) is 18.0 Å². The van der Waals surface area contributed by atoms with Crippen molar-refractivity contribution in [1.82, 2.24) is 30.0 Å². The third-order valence-corrected chi connectivity index (χ3v) is 6.74. The Balaban J connectivity index is 0.000000278. The Morgan fingerprint density at radius 2 is 2.03 bits per heavy atom. The fraction of sp³-hybridized carbons (Fsp3) is 0.385. The van der Waals surface area contributed by atoms with Crippen molar-refractivity contribution in [2.45, 2.75) is 31.5 Å². The van der Waals surface area contributed by atoms with Crippen molar-refractivity contribution < 1.29 is 22.7 Å². The number of fused-ring (bicyclic) bond motifs is 2. The number of pyridine rings is 2. The van der Waals surface area contributed by atoms with Gasteiger partial charge in [-0.25, -0.2) is 9.97 Å². The van der Waals surface area contributed by atoms with Gasteiger partial charge in [0.05, 0.1) is 11.9 Å². The second-order valence-corrected chi connectivity index (χ2v) is 9.36. The van der Waals surface area contributed by atoms with Crippen LogP contribution in [0.3, 0.4) is 0 Å². The lowest BCUT2D eigenvalue weighted by molar-refractivity contribution is -0.142. The molecule has 3 aliphatic rings. The van der Waals surface area contributed by atoms with Crippen molar-refractivity contribution in [1.29, 1.82) is 0 Å². The minimum atomic E-state index is -4.63. The van der Waals surface area contributed by atoms with E-state index in [0.29, 0.717) is 30.2 Å². The van der Waals surface area contributed by atoms with Crippen molar-refractivity contribution in [3.05, 3.63) is 60.3 Å². The number of ether oxygens (including phenoxy) is 1. The van der Waals surface area contributed by atoms with Crippen LogP contribution in [0.4, 0.5) is 24.7 Å². The van der Waals surface area contributed by atoms with E-state index >= 15 is 0 Å². The molecule has 1 amide bonds. The Hall–Kier alpha value is -3.93. The maximum atomic E-state index is 13.7. The quantitative estimate of drug-likeness (QED) is 0.497. The molecular formula is C26H28F3N7O2. The smallest absolute Gasteiger partial charge is 0.437 e. The molecule has 2 saturated heterocycles. The van der Waals surface area contributed by atoms with E-state index in [4.69, 9.17) is 4.74 Å². The van der Waals surface area contributed by atoms with Crippen LogP contribution in [0.25, 0.3) is 11.1 Å². The Kier molecular flexibility index (Phi) is 7.06. The zero-order chi connectivity index (χ0) is 26.9. The third-order valence-electron chi connectivity index (χ3n) is 6.74. The first-order valence-electron chi connectivity index (χ1n) is 12.4. The molecule has 0 aromatic carbocycles. The molecule has 12 heteroatoms. The van der Waals surface area contributed by atoms with E-state index < -0.39 is 11.9 Å². The Morgan fingerprint density at radius 3 is 2.63 bits per heavy atom. The number of anilines is 2. The lowest BCUT2D eigenvalue weighted by Crippen LogP contribution is -2.40. The van der Waals surface area contributed by atoms with Gasteiger partial charge in [-0.2, -0.15) is 18.3 Å². The van der Waals surface area contributed by atoms with Crippen LogP contribution in [0.2, 0.25) is 0 Å². The molecule has 0 saturated carbocycles. The summed E-state index contributed by atoms with van der Waals surface area (Å²) >= 11 is 0. The molecule has 3 aliphatic heterocycles. The number of aryl methyl sites for hydroxylation is 1. The predicted octanol–water partition coefficient (Wildman–Crippen LogP) is 4.01. The molecule has 6 heterocycles. The number of amides is 1. The van der Waals surface area contributed by atoms with Gasteiger partial charge in [-0.1, -0.05) is 6.58 Å². The molecule has 0 bridgehead atoms. The zero-order valence-corrected chi connectivity index (χ0v) is 20.9. The molecule has 6 rings (SSSR count). The average Bonchev–Trinajstić information content (AvgIpc) is 3.50. The number of carbonyl (C=O) groups excluding carboxylic acids is 1. The molecule has 0 aliphatic carbocycles. The van der Waals surface area contributed by atoms with E-state index in [1.807, 2.05) is 11.1 Å². The van der Waals surface area contributed by atoms with Crippen molar-refractivity contribution in [3.8, 4) is 16.9 Å². The highest BCUT2D eigenvalue weighted by Crippen LogP contribution is 2.45. The van der Waals surface area contributed by atoms with Crippen LogP contribution in [0.1, 0.15) is 35.7 Å². The molecule has 3 aromatic heterocycles. The summed E-state index contributed by atoms with van der Waals surface area (Å²) in [5, 5.41) is 10.3. The molecule has 3 aromatic rings. The Morgan fingerprint density at radius 1 is 1.26 bits per heavy atom. The number of alkyl halides is 3. The molecule has 0 unspecified atom stereocenters. The fourth-order valence-corrected chi connectivity index (χ4v) is 4.61. The molecule has 0 spiro atoms. The zero-order valence-electron chi connectivity index (χ0n) is 20.9. The standard InChI is InChI=1S/C19H17F3N6O.C7H11NO/c1-28-8-11(7-25-28)12-2-3-24-18-13(12)9-29-16-15(27-18)4-14(10-5-23-6-10)26-17(16)19(20,21)22;1-2-7(9)8-5-3-4-6-8/h2-4,7-8,10,23H,5-6,9H2,1H3,(H,24,27);2H,1,3-6H2. The largest absolute Gasteiger partial charge is 0.484 e. The van der Waals surface area contributed by atoms with Crippen molar-refractivity contribution >= 4 is 17.4 Å². The monoisotopic (exact) mass is 527 g/mol. The van der Waals surface area contributed by atoms with Crippen LogP contribution in [0, 0.1) is 0 Å². The van der Waals surface area contributed by atoms with Crippen molar-refractivity contribution in [3.63, 3.8) is 0 Å². The number of carbonyl (C=O) groups is 1. The van der Waals surface area contributed by atoms with Gasteiger partial charge in [-0.05, 0) is 36.6 Å². The highest BCUT2D eigenvalue weighted by atomic mass is 19.4. The molecule has 0 atom stereocenters. The first-order valence-corrected chi connectivity index (χ1v) is 12.4. The number of rotatable bonds is 3. The van der Waals surface area contributed by atoms with Crippen LogP contribution >= 0.6 is 0 Å². The summed E-state index contributed by atoms with van der Waals surface area (Å²) in [4.78, 5) is 20.9. The summed E-state index contributed by atoms with van der Waals surface area (Å²) in [7, 11) is 1.80. The van der Waals surface area contributed by atoms with Gasteiger partial charge in [0.1, 0.15) is 12.4 Å². The number of hydrogen-bond donors (Lipinski definition) is 2. The van der Waals surface area contributed by atoms with Gasteiger partial charge in [0, 0.05) is 68.4 Å². The maximum absolute atomic E-state index is 13.7. The number of aromatic nitrogens is 4. The number of likely N-dealkylation sites (tertiary alicyclic amines) is 1.